The van der Waals surface area contributed by atoms with Crippen molar-refractivity contribution in [2.75, 3.05) is 5.75 Å². The standard InChI is InChI=1S/C19H14N4OS/c20-9-13-5-7-14(8-6-13)11-25-12-18(24)15(10-21)19-22-16-3-1-2-4-17(16)23-19/h1-8,15H,11-12H2,(H,22,23)/t15-/m0/s1. The molecule has 2 aromatic carbocycles. The number of nitrogens with one attached hydrogen (secondary N) is 1. The van der Waals surface area contributed by atoms with Gasteiger partial charge in [0, 0.05) is 5.75 Å². The topological polar surface area (TPSA) is 93.3 Å². The second-order valence-corrected chi connectivity index (χ2v) is 6.45. The molecular formula is C19H14N4OS. The zero-order valence-corrected chi connectivity index (χ0v) is 14.1. The number of hydrogen-bond donors (Lipinski definition) is 1. The van der Waals surface area contributed by atoms with Gasteiger partial charge in [-0.1, -0.05) is 24.3 Å². The lowest BCUT2D eigenvalue weighted by molar-refractivity contribution is -0.117. The Bertz CT molecular complexity index is 946. The molecule has 1 heterocycles. The van der Waals surface area contributed by atoms with Crippen LogP contribution in [0.1, 0.15) is 22.9 Å². The molecule has 3 aromatic rings. The lowest BCUT2D eigenvalue weighted by atomic mass is 10.1. The number of fused-ring (bicyclic) bond motifs is 1. The van der Waals surface area contributed by atoms with E-state index in [9.17, 15) is 10.1 Å². The number of imidazole rings is 1. The van der Waals surface area contributed by atoms with Crippen molar-refractivity contribution < 1.29 is 4.79 Å². The van der Waals surface area contributed by atoms with E-state index in [-0.39, 0.29) is 11.5 Å². The molecule has 0 fully saturated rings. The molecule has 1 aromatic heterocycles. The zero-order chi connectivity index (χ0) is 17.6. The highest BCUT2D eigenvalue weighted by Gasteiger charge is 2.23. The molecule has 6 heteroatoms. The van der Waals surface area contributed by atoms with Crippen LogP contribution in [0.5, 0.6) is 0 Å². The number of nitrogens with zero attached hydrogens (tertiary/aromatic N) is 3. The van der Waals surface area contributed by atoms with Crippen LogP contribution < -0.4 is 0 Å². The largest absolute Gasteiger partial charge is 0.340 e. The third kappa shape index (κ3) is 3.88. The maximum absolute atomic E-state index is 12.4. The molecule has 0 aliphatic carbocycles. The van der Waals surface area contributed by atoms with E-state index in [0.29, 0.717) is 17.1 Å². The van der Waals surface area contributed by atoms with E-state index in [0.717, 1.165) is 16.6 Å². The molecule has 0 amide bonds. The van der Waals surface area contributed by atoms with E-state index in [1.807, 2.05) is 36.4 Å². The summed E-state index contributed by atoms with van der Waals surface area (Å²) in [5.74, 6) is 0.221. The summed E-state index contributed by atoms with van der Waals surface area (Å²) >= 11 is 1.45. The highest BCUT2D eigenvalue weighted by atomic mass is 32.2. The number of aromatic nitrogens is 2. The number of aromatic amines is 1. The fraction of sp³-hybridized carbons (Fsp3) is 0.158. The van der Waals surface area contributed by atoms with Crippen molar-refractivity contribution in [3.63, 3.8) is 0 Å². The molecule has 0 aliphatic rings. The summed E-state index contributed by atoms with van der Waals surface area (Å²) in [5, 5.41) is 18.2. The molecule has 5 nitrogen and oxygen atoms in total. The first-order valence-electron chi connectivity index (χ1n) is 7.65. The minimum Gasteiger partial charge on any atom is -0.340 e. The second-order valence-electron chi connectivity index (χ2n) is 5.47. The summed E-state index contributed by atoms with van der Waals surface area (Å²) in [7, 11) is 0. The third-order valence-electron chi connectivity index (χ3n) is 3.73. The van der Waals surface area contributed by atoms with Gasteiger partial charge in [-0.3, -0.25) is 4.79 Å². The van der Waals surface area contributed by atoms with Gasteiger partial charge < -0.3 is 4.98 Å². The molecule has 0 bridgehead atoms. The van der Waals surface area contributed by atoms with Crippen LogP contribution in [0.15, 0.2) is 48.5 Å². The Morgan fingerprint density at radius 2 is 1.92 bits per heavy atom. The molecule has 1 N–H and O–H groups in total. The molecule has 0 unspecified atom stereocenters. The average molecular weight is 346 g/mol. The van der Waals surface area contributed by atoms with Crippen LogP contribution in [-0.4, -0.2) is 21.5 Å². The predicted molar refractivity (Wildman–Crippen MR) is 96.8 cm³/mol. The Labute approximate surface area is 149 Å². The lowest BCUT2D eigenvalue weighted by Crippen LogP contribution is -2.14. The number of nitriles is 2. The first-order valence-corrected chi connectivity index (χ1v) is 8.80. The Hall–Kier alpha value is -3.09. The van der Waals surface area contributed by atoms with Gasteiger partial charge in [-0.25, -0.2) is 4.98 Å². The number of carbonyl (C=O) groups is 1. The van der Waals surface area contributed by atoms with Crippen LogP contribution in [0.4, 0.5) is 0 Å². The van der Waals surface area contributed by atoms with Crippen LogP contribution in [0, 0.1) is 22.7 Å². The zero-order valence-electron chi connectivity index (χ0n) is 13.3. The molecule has 0 spiro atoms. The summed E-state index contributed by atoms with van der Waals surface area (Å²) in [6.07, 6.45) is 0. The fourth-order valence-corrected chi connectivity index (χ4v) is 3.32. The fourth-order valence-electron chi connectivity index (χ4n) is 2.42. The van der Waals surface area contributed by atoms with Gasteiger partial charge in [0.2, 0.25) is 0 Å². The quantitative estimate of drug-likeness (QED) is 0.737. The lowest BCUT2D eigenvalue weighted by Gasteiger charge is -2.05. The van der Waals surface area contributed by atoms with Crippen LogP contribution in [0.3, 0.4) is 0 Å². The summed E-state index contributed by atoms with van der Waals surface area (Å²) in [6.45, 7) is 0. The Balaban J connectivity index is 1.62. The molecule has 0 radical (unpaired) electrons. The van der Waals surface area contributed by atoms with Crippen molar-refractivity contribution in [3.05, 3.63) is 65.5 Å². The Kier molecular flexibility index (Phi) is 5.13. The number of rotatable bonds is 6. The van der Waals surface area contributed by atoms with E-state index in [4.69, 9.17) is 5.26 Å². The molecular weight excluding hydrogens is 332 g/mol. The van der Waals surface area contributed by atoms with Crippen LogP contribution in [-0.2, 0) is 10.5 Å². The van der Waals surface area contributed by atoms with Gasteiger partial charge in [-0.15, -0.1) is 11.8 Å². The van der Waals surface area contributed by atoms with Gasteiger partial charge in [0.15, 0.2) is 11.7 Å². The van der Waals surface area contributed by atoms with Crippen molar-refractivity contribution >= 4 is 28.6 Å². The summed E-state index contributed by atoms with van der Waals surface area (Å²) in [5.41, 5.74) is 3.21. The number of para-hydroxylation sites is 2. The van der Waals surface area contributed by atoms with Crippen molar-refractivity contribution in [1.82, 2.24) is 9.97 Å². The van der Waals surface area contributed by atoms with Gasteiger partial charge in [0.25, 0.3) is 0 Å². The van der Waals surface area contributed by atoms with Gasteiger partial charge in [0.1, 0.15) is 5.82 Å². The number of hydrogen-bond acceptors (Lipinski definition) is 5. The summed E-state index contributed by atoms with van der Waals surface area (Å²) in [6, 6.07) is 18.8. The molecule has 0 aliphatic heterocycles. The second kappa shape index (κ2) is 7.65. The number of benzene rings is 2. The van der Waals surface area contributed by atoms with Gasteiger partial charge in [0.05, 0.1) is 34.5 Å². The van der Waals surface area contributed by atoms with Crippen LogP contribution >= 0.6 is 11.8 Å². The molecule has 1 atom stereocenters. The summed E-state index contributed by atoms with van der Waals surface area (Å²) < 4.78 is 0. The van der Waals surface area contributed by atoms with Crippen molar-refractivity contribution in [3.8, 4) is 12.1 Å². The normalized spacial score (nSPS) is 11.6. The van der Waals surface area contributed by atoms with Gasteiger partial charge in [-0.2, -0.15) is 10.5 Å². The van der Waals surface area contributed by atoms with Gasteiger partial charge >= 0.3 is 0 Å². The Morgan fingerprint density at radius 3 is 2.60 bits per heavy atom. The Morgan fingerprint density at radius 1 is 1.16 bits per heavy atom. The van der Waals surface area contributed by atoms with Crippen molar-refractivity contribution in [2.45, 2.75) is 11.7 Å². The molecule has 0 saturated heterocycles. The maximum atomic E-state index is 12.4. The first kappa shape index (κ1) is 16.8. The number of ketones is 1. The number of carbonyl (C=O) groups excluding carboxylic acids is 1. The minimum absolute atomic E-state index is 0.166. The number of thioether (sulfide) groups is 1. The smallest absolute Gasteiger partial charge is 0.167 e. The monoisotopic (exact) mass is 346 g/mol. The molecule has 25 heavy (non-hydrogen) atoms. The molecule has 122 valence electrons. The highest BCUT2D eigenvalue weighted by Crippen LogP contribution is 2.21. The third-order valence-corrected chi connectivity index (χ3v) is 4.75. The molecule has 0 saturated carbocycles. The van der Waals surface area contributed by atoms with E-state index in [2.05, 4.69) is 22.1 Å². The van der Waals surface area contributed by atoms with E-state index in [1.165, 1.54) is 11.8 Å². The first-order chi connectivity index (χ1) is 12.2. The van der Waals surface area contributed by atoms with Crippen molar-refractivity contribution in [2.24, 2.45) is 0 Å². The predicted octanol–water partition coefficient (Wildman–Crippen LogP) is 3.54. The molecule has 3 rings (SSSR count). The van der Waals surface area contributed by atoms with E-state index in [1.54, 1.807) is 12.1 Å². The van der Waals surface area contributed by atoms with Crippen molar-refractivity contribution in [1.29, 1.82) is 10.5 Å². The maximum Gasteiger partial charge on any atom is 0.167 e. The highest BCUT2D eigenvalue weighted by molar-refractivity contribution is 7.99. The average Bonchev–Trinajstić information content (AvgIpc) is 3.06. The number of H-pyrrole nitrogens is 1. The summed E-state index contributed by atoms with van der Waals surface area (Å²) in [4.78, 5) is 19.8. The van der Waals surface area contributed by atoms with Crippen LogP contribution in [0.25, 0.3) is 11.0 Å². The SMILES string of the molecule is N#Cc1ccc(CSCC(=O)[C@H](C#N)c2nc3ccccc3[nH]2)cc1. The van der Waals surface area contributed by atoms with E-state index >= 15 is 0 Å². The minimum atomic E-state index is -0.888. The van der Waals surface area contributed by atoms with E-state index < -0.39 is 5.92 Å². The van der Waals surface area contributed by atoms with Crippen LogP contribution in [0.2, 0.25) is 0 Å². The number of Topliss-reactive ketones (excluding diaryl/α,β-unsaturated/α-hetero) is 1. The van der Waals surface area contributed by atoms with Gasteiger partial charge in [-0.05, 0) is 29.8 Å².